The molecular weight excluding hydrogens is 281 g/mol. The Morgan fingerprint density at radius 3 is 2.07 bits per heavy atom. The molecule has 15 heavy (non-hydrogen) atoms. The summed E-state index contributed by atoms with van der Waals surface area (Å²) >= 11 is 0. The molecule has 5 unspecified atom stereocenters. The molecule has 1 rings (SSSR count). The molecular formula is C8H16O6Y-2. The van der Waals surface area contributed by atoms with Crippen LogP contribution in [0, 0.1) is 14.5 Å². The summed E-state index contributed by atoms with van der Waals surface area (Å²) in [5.41, 5.74) is 0. The van der Waals surface area contributed by atoms with Crippen LogP contribution in [0.4, 0.5) is 0 Å². The zero-order valence-corrected chi connectivity index (χ0v) is 11.3. The largest absolute Gasteiger partial charge is 0.531 e. The standard InChI is InChI=1S/C7H13O6.CH3.Y/c1-12-7-6(11)5(10)4(9)3(2-8)13-7;;/h3-11H,1-2H2;1H3;/q2*-1;. The van der Waals surface area contributed by atoms with E-state index in [0.29, 0.717) is 0 Å². The van der Waals surface area contributed by atoms with Gasteiger partial charge in [0.15, 0.2) is 6.29 Å². The molecule has 89 valence electrons. The maximum absolute atomic E-state index is 9.25. The van der Waals surface area contributed by atoms with Crippen LogP contribution in [0.1, 0.15) is 0 Å². The zero-order chi connectivity index (χ0) is 10.0. The van der Waals surface area contributed by atoms with Gasteiger partial charge in [0.25, 0.3) is 0 Å². The van der Waals surface area contributed by atoms with Crippen molar-refractivity contribution in [3.05, 3.63) is 14.5 Å². The third-order valence-electron chi connectivity index (χ3n) is 2.01. The van der Waals surface area contributed by atoms with Gasteiger partial charge in [0.1, 0.15) is 24.4 Å². The molecule has 7 heteroatoms. The molecule has 0 amide bonds. The molecule has 1 saturated heterocycles. The zero-order valence-electron chi connectivity index (χ0n) is 8.48. The average Bonchev–Trinajstić information content (AvgIpc) is 2.15. The first kappa shape index (κ1) is 18.2. The van der Waals surface area contributed by atoms with E-state index in [0.717, 1.165) is 0 Å². The molecule has 0 spiro atoms. The molecule has 0 saturated carbocycles. The van der Waals surface area contributed by atoms with Crippen LogP contribution in [0.15, 0.2) is 0 Å². The van der Waals surface area contributed by atoms with Crippen molar-refractivity contribution in [2.75, 3.05) is 6.61 Å². The molecule has 1 heterocycles. The van der Waals surface area contributed by atoms with Crippen LogP contribution in [-0.2, 0) is 42.2 Å². The molecule has 6 nitrogen and oxygen atoms in total. The molecule has 0 aromatic carbocycles. The van der Waals surface area contributed by atoms with Crippen LogP contribution in [0.2, 0.25) is 0 Å². The Balaban J connectivity index is 0. The van der Waals surface area contributed by atoms with E-state index in [2.05, 4.69) is 11.8 Å². The molecule has 1 fully saturated rings. The Morgan fingerprint density at radius 2 is 1.67 bits per heavy atom. The Morgan fingerprint density at radius 1 is 1.13 bits per heavy atom. The van der Waals surface area contributed by atoms with Crippen molar-refractivity contribution >= 4 is 0 Å². The van der Waals surface area contributed by atoms with Gasteiger partial charge < -0.3 is 37.3 Å². The van der Waals surface area contributed by atoms with Crippen LogP contribution in [0.25, 0.3) is 0 Å². The Kier molecular flexibility index (Phi) is 9.76. The second-order valence-corrected chi connectivity index (χ2v) is 2.86. The minimum Gasteiger partial charge on any atom is -0.531 e. The van der Waals surface area contributed by atoms with Crippen molar-refractivity contribution in [2.24, 2.45) is 0 Å². The van der Waals surface area contributed by atoms with Gasteiger partial charge >= 0.3 is 0 Å². The summed E-state index contributed by atoms with van der Waals surface area (Å²) in [5.74, 6) is 0. The van der Waals surface area contributed by atoms with Crippen molar-refractivity contribution < 1.29 is 62.6 Å². The minimum absolute atomic E-state index is 0. The van der Waals surface area contributed by atoms with E-state index < -0.39 is 37.3 Å². The van der Waals surface area contributed by atoms with E-state index in [1.165, 1.54) is 0 Å². The van der Waals surface area contributed by atoms with Gasteiger partial charge in [-0.25, -0.2) is 7.11 Å². The number of aliphatic hydroxyl groups is 4. The summed E-state index contributed by atoms with van der Waals surface area (Å²) < 4.78 is 9.33. The van der Waals surface area contributed by atoms with Gasteiger partial charge in [-0.2, -0.15) is 0 Å². The quantitative estimate of drug-likeness (QED) is 0.442. The summed E-state index contributed by atoms with van der Waals surface area (Å²) in [6.45, 7) is -0.467. The van der Waals surface area contributed by atoms with Crippen LogP contribution < -0.4 is 0 Å². The third kappa shape index (κ3) is 3.98. The predicted molar refractivity (Wildman–Crippen MR) is 46.6 cm³/mol. The van der Waals surface area contributed by atoms with Crippen molar-refractivity contribution in [3.8, 4) is 0 Å². The third-order valence-corrected chi connectivity index (χ3v) is 2.01. The minimum atomic E-state index is -1.40. The van der Waals surface area contributed by atoms with Crippen LogP contribution >= 0.6 is 0 Å². The molecule has 1 aliphatic heterocycles. The first-order valence-corrected chi connectivity index (χ1v) is 3.83. The van der Waals surface area contributed by atoms with Crippen molar-refractivity contribution in [1.29, 1.82) is 0 Å². The fraction of sp³-hybridized carbons (Fsp3) is 0.750. The topological polar surface area (TPSA) is 99.4 Å². The molecule has 4 N–H and O–H groups in total. The average molecular weight is 297 g/mol. The summed E-state index contributed by atoms with van der Waals surface area (Å²) in [6.07, 6.45) is -6.19. The van der Waals surface area contributed by atoms with Gasteiger partial charge in [0.05, 0.1) is 6.61 Å². The summed E-state index contributed by atoms with van der Waals surface area (Å²) in [6, 6.07) is 0. The Bertz CT molecular complexity index is 149. The van der Waals surface area contributed by atoms with E-state index in [1.807, 2.05) is 0 Å². The summed E-state index contributed by atoms with van der Waals surface area (Å²) in [5, 5.41) is 36.5. The van der Waals surface area contributed by atoms with E-state index in [1.54, 1.807) is 0 Å². The summed E-state index contributed by atoms with van der Waals surface area (Å²) in [7, 11) is 3.03. The number of hydrogen-bond donors (Lipinski definition) is 4. The normalized spacial score (nSPS) is 40.2. The van der Waals surface area contributed by atoms with E-state index in [4.69, 9.17) is 9.84 Å². The van der Waals surface area contributed by atoms with Crippen LogP contribution in [0.5, 0.6) is 0 Å². The van der Waals surface area contributed by atoms with Crippen molar-refractivity contribution in [1.82, 2.24) is 0 Å². The van der Waals surface area contributed by atoms with E-state index >= 15 is 0 Å². The second-order valence-electron chi connectivity index (χ2n) is 2.86. The number of aliphatic hydroxyl groups excluding tert-OH is 4. The smallest absolute Gasteiger partial charge is 0.157 e. The van der Waals surface area contributed by atoms with Crippen molar-refractivity contribution in [2.45, 2.75) is 30.7 Å². The van der Waals surface area contributed by atoms with Crippen LogP contribution in [0.3, 0.4) is 0 Å². The van der Waals surface area contributed by atoms with Gasteiger partial charge in [0, 0.05) is 32.7 Å². The predicted octanol–water partition coefficient (Wildman–Crippen LogP) is -1.96. The summed E-state index contributed by atoms with van der Waals surface area (Å²) in [4.78, 5) is 0. The molecule has 0 bridgehead atoms. The molecule has 1 radical (unpaired) electrons. The first-order chi connectivity index (χ1) is 6.11. The fourth-order valence-corrected chi connectivity index (χ4v) is 1.21. The Hall–Kier alpha value is 0.864. The Labute approximate surface area is 114 Å². The van der Waals surface area contributed by atoms with Gasteiger partial charge in [-0.1, -0.05) is 0 Å². The van der Waals surface area contributed by atoms with Crippen LogP contribution in [-0.4, -0.2) is 57.7 Å². The molecule has 1 aliphatic rings. The van der Waals surface area contributed by atoms with Gasteiger partial charge in [0.2, 0.25) is 0 Å². The number of ether oxygens (including phenoxy) is 2. The monoisotopic (exact) mass is 297 g/mol. The SMILES string of the molecule is [CH2-]OC1OC(CO)C(O)C(O)C1O.[CH3-].[Y]. The number of hydrogen-bond acceptors (Lipinski definition) is 6. The van der Waals surface area contributed by atoms with Gasteiger partial charge in [-0.3, -0.25) is 0 Å². The van der Waals surface area contributed by atoms with E-state index in [9.17, 15) is 15.3 Å². The maximum Gasteiger partial charge on any atom is 0.157 e. The first-order valence-electron chi connectivity index (χ1n) is 3.83. The molecule has 0 aromatic rings. The van der Waals surface area contributed by atoms with Gasteiger partial charge in [-0.05, 0) is 0 Å². The molecule has 0 aliphatic carbocycles. The fourth-order valence-electron chi connectivity index (χ4n) is 1.21. The second kappa shape index (κ2) is 8.03. The van der Waals surface area contributed by atoms with E-state index in [-0.39, 0.29) is 40.1 Å². The van der Waals surface area contributed by atoms with Gasteiger partial charge in [-0.15, -0.1) is 0 Å². The van der Waals surface area contributed by atoms with Crippen molar-refractivity contribution in [3.63, 3.8) is 0 Å². The maximum atomic E-state index is 9.25. The molecule has 0 aromatic heterocycles. The molecule has 5 atom stereocenters. The number of rotatable bonds is 2.